The fraction of sp³-hybridized carbons (Fsp3) is 0.385. The second-order valence-electron chi connectivity index (χ2n) is 4.83. The summed E-state index contributed by atoms with van der Waals surface area (Å²) in [5.41, 5.74) is 0.212. The highest BCUT2D eigenvalue weighted by Crippen LogP contribution is 2.11. The lowest BCUT2D eigenvalue weighted by Gasteiger charge is -2.17. The van der Waals surface area contributed by atoms with Crippen LogP contribution < -0.4 is 5.32 Å². The van der Waals surface area contributed by atoms with Gasteiger partial charge in [-0.3, -0.25) is 4.79 Å². The van der Waals surface area contributed by atoms with E-state index in [1.807, 2.05) is 0 Å². The maximum Gasteiger partial charge on any atom is 0.326 e. The third kappa shape index (κ3) is 4.06. The Labute approximate surface area is 117 Å². The van der Waals surface area contributed by atoms with Gasteiger partial charge in [0.05, 0.1) is 4.90 Å². The molecule has 0 saturated heterocycles. The second-order valence-corrected chi connectivity index (χ2v) is 6.85. The predicted molar refractivity (Wildman–Crippen MR) is 73.3 cm³/mol. The van der Waals surface area contributed by atoms with E-state index in [2.05, 4.69) is 5.32 Å². The Morgan fingerprint density at radius 2 is 1.65 bits per heavy atom. The van der Waals surface area contributed by atoms with Crippen LogP contribution in [-0.2, 0) is 14.6 Å². The van der Waals surface area contributed by atoms with Crippen molar-refractivity contribution in [2.45, 2.75) is 24.8 Å². The normalized spacial score (nSPS) is 13.0. The van der Waals surface area contributed by atoms with E-state index in [9.17, 15) is 18.0 Å². The molecule has 0 bridgehead atoms. The standard InChI is InChI=1S/C13H17NO5S/c1-8(2)11(13(16)17)14-12(15)9-4-6-10(7-5-9)20(3,18)19/h4-8,11H,1-3H3,(H,14,15)(H,16,17)/t11-/m1/s1. The maximum atomic E-state index is 11.9. The summed E-state index contributed by atoms with van der Waals surface area (Å²) in [6.07, 6.45) is 1.07. The lowest BCUT2D eigenvalue weighted by molar-refractivity contribution is -0.140. The van der Waals surface area contributed by atoms with Crippen LogP contribution in [0.25, 0.3) is 0 Å². The van der Waals surface area contributed by atoms with Crippen molar-refractivity contribution in [3.8, 4) is 0 Å². The zero-order valence-corrected chi connectivity index (χ0v) is 12.3. The van der Waals surface area contributed by atoms with E-state index in [0.29, 0.717) is 0 Å². The number of sulfone groups is 1. The van der Waals surface area contributed by atoms with E-state index < -0.39 is 27.8 Å². The Bertz CT molecular complexity index is 604. The molecule has 20 heavy (non-hydrogen) atoms. The molecule has 1 rings (SSSR count). The average Bonchev–Trinajstić information content (AvgIpc) is 2.34. The summed E-state index contributed by atoms with van der Waals surface area (Å²) < 4.78 is 22.6. The molecule has 0 fully saturated rings. The van der Waals surface area contributed by atoms with Gasteiger partial charge in [0.2, 0.25) is 0 Å². The molecule has 1 aromatic carbocycles. The van der Waals surface area contributed by atoms with Crippen molar-refractivity contribution in [2.24, 2.45) is 5.92 Å². The van der Waals surface area contributed by atoms with Crippen molar-refractivity contribution in [3.63, 3.8) is 0 Å². The molecular formula is C13H17NO5S. The molecule has 1 amide bonds. The van der Waals surface area contributed by atoms with E-state index in [4.69, 9.17) is 5.11 Å². The highest BCUT2D eigenvalue weighted by atomic mass is 32.2. The number of carboxylic acid groups (broad SMARTS) is 1. The summed E-state index contributed by atoms with van der Waals surface area (Å²) in [6, 6.07) is 4.35. The Balaban J connectivity index is 2.91. The van der Waals surface area contributed by atoms with E-state index >= 15 is 0 Å². The van der Waals surface area contributed by atoms with Crippen molar-refractivity contribution in [1.82, 2.24) is 5.32 Å². The van der Waals surface area contributed by atoms with Crippen LogP contribution in [0.4, 0.5) is 0 Å². The van der Waals surface area contributed by atoms with Crippen molar-refractivity contribution in [3.05, 3.63) is 29.8 Å². The number of hydrogen-bond donors (Lipinski definition) is 2. The summed E-state index contributed by atoms with van der Waals surface area (Å²) in [5.74, 6) is -1.92. The third-order valence-electron chi connectivity index (χ3n) is 2.76. The number of rotatable bonds is 5. The van der Waals surface area contributed by atoms with E-state index in [-0.39, 0.29) is 16.4 Å². The largest absolute Gasteiger partial charge is 0.480 e. The minimum absolute atomic E-state index is 0.104. The van der Waals surface area contributed by atoms with E-state index in [1.54, 1.807) is 13.8 Å². The smallest absolute Gasteiger partial charge is 0.326 e. The first kappa shape index (κ1) is 16.2. The van der Waals surface area contributed by atoms with Crippen molar-refractivity contribution >= 4 is 21.7 Å². The molecule has 0 saturated carbocycles. The Kier molecular flexibility index (Phi) is 4.88. The van der Waals surface area contributed by atoms with Crippen LogP contribution in [0.5, 0.6) is 0 Å². The van der Waals surface area contributed by atoms with Crippen LogP contribution in [0.3, 0.4) is 0 Å². The SMILES string of the molecule is CC(C)[C@@H](NC(=O)c1ccc(S(C)(=O)=O)cc1)C(=O)O. The third-order valence-corrected chi connectivity index (χ3v) is 3.89. The average molecular weight is 299 g/mol. The van der Waals surface area contributed by atoms with Gasteiger partial charge in [0, 0.05) is 11.8 Å². The van der Waals surface area contributed by atoms with Crippen LogP contribution in [-0.4, -0.2) is 37.7 Å². The molecule has 0 aliphatic carbocycles. The van der Waals surface area contributed by atoms with Gasteiger partial charge in [-0.05, 0) is 30.2 Å². The van der Waals surface area contributed by atoms with Crippen molar-refractivity contribution in [1.29, 1.82) is 0 Å². The molecule has 7 heteroatoms. The molecular weight excluding hydrogens is 282 g/mol. The summed E-state index contributed by atoms with van der Waals surface area (Å²) in [7, 11) is -3.32. The number of aliphatic carboxylic acids is 1. The van der Waals surface area contributed by atoms with Crippen LogP contribution in [0, 0.1) is 5.92 Å². The molecule has 0 aromatic heterocycles. The summed E-state index contributed by atoms with van der Waals surface area (Å²) in [5, 5.41) is 11.4. The molecule has 6 nitrogen and oxygen atoms in total. The van der Waals surface area contributed by atoms with Gasteiger partial charge in [-0.15, -0.1) is 0 Å². The molecule has 110 valence electrons. The predicted octanol–water partition coefficient (Wildman–Crippen LogP) is 0.929. The molecule has 0 radical (unpaired) electrons. The Morgan fingerprint density at radius 3 is 2.00 bits per heavy atom. The van der Waals surface area contributed by atoms with Gasteiger partial charge < -0.3 is 10.4 Å². The highest BCUT2D eigenvalue weighted by Gasteiger charge is 2.24. The van der Waals surface area contributed by atoms with Gasteiger partial charge in [0.1, 0.15) is 6.04 Å². The topological polar surface area (TPSA) is 101 Å². The number of nitrogens with one attached hydrogen (secondary N) is 1. The molecule has 0 aliphatic heterocycles. The summed E-state index contributed by atoms with van der Waals surface area (Å²) in [6.45, 7) is 3.37. The van der Waals surface area contributed by atoms with Crippen LogP contribution in [0.1, 0.15) is 24.2 Å². The molecule has 2 N–H and O–H groups in total. The quantitative estimate of drug-likeness (QED) is 0.842. The highest BCUT2D eigenvalue weighted by molar-refractivity contribution is 7.90. The maximum absolute atomic E-state index is 11.9. The van der Waals surface area contributed by atoms with E-state index in [0.717, 1.165) is 6.26 Å². The minimum Gasteiger partial charge on any atom is -0.480 e. The van der Waals surface area contributed by atoms with Crippen LogP contribution in [0.2, 0.25) is 0 Å². The number of carbonyl (C=O) groups is 2. The van der Waals surface area contributed by atoms with Crippen molar-refractivity contribution in [2.75, 3.05) is 6.26 Å². The molecule has 0 spiro atoms. The fourth-order valence-electron chi connectivity index (χ4n) is 1.59. The molecule has 1 atom stereocenters. The first-order chi connectivity index (χ1) is 9.12. The van der Waals surface area contributed by atoms with Crippen molar-refractivity contribution < 1.29 is 23.1 Å². The zero-order valence-electron chi connectivity index (χ0n) is 11.5. The van der Waals surface area contributed by atoms with Gasteiger partial charge in [-0.2, -0.15) is 0 Å². The van der Waals surface area contributed by atoms with Gasteiger partial charge in [-0.1, -0.05) is 13.8 Å². The second kappa shape index (κ2) is 6.04. The fourth-order valence-corrected chi connectivity index (χ4v) is 2.22. The lowest BCUT2D eigenvalue weighted by atomic mass is 10.0. The summed E-state index contributed by atoms with van der Waals surface area (Å²) in [4.78, 5) is 23.0. The molecule has 0 aliphatic rings. The number of benzene rings is 1. The van der Waals surface area contributed by atoms with Gasteiger partial charge >= 0.3 is 5.97 Å². The van der Waals surface area contributed by atoms with Gasteiger partial charge in [0.15, 0.2) is 9.84 Å². The Hall–Kier alpha value is -1.89. The number of hydrogen-bond acceptors (Lipinski definition) is 4. The van der Waals surface area contributed by atoms with Crippen LogP contribution in [0.15, 0.2) is 29.2 Å². The monoisotopic (exact) mass is 299 g/mol. The first-order valence-electron chi connectivity index (χ1n) is 5.96. The van der Waals surface area contributed by atoms with Crippen LogP contribution >= 0.6 is 0 Å². The zero-order chi connectivity index (χ0) is 15.5. The van der Waals surface area contributed by atoms with Gasteiger partial charge in [-0.25, -0.2) is 13.2 Å². The first-order valence-corrected chi connectivity index (χ1v) is 7.86. The number of carbonyl (C=O) groups excluding carboxylic acids is 1. The lowest BCUT2D eigenvalue weighted by Crippen LogP contribution is -2.44. The minimum atomic E-state index is -3.32. The number of amides is 1. The van der Waals surface area contributed by atoms with E-state index in [1.165, 1.54) is 24.3 Å². The summed E-state index contributed by atoms with van der Waals surface area (Å²) >= 11 is 0. The van der Waals surface area contributed by atoms with Gasteiger partial charge in [0.25, 0.3) is 5.91 Å². The molecule has 0 heterocycles. The Morgan fingerprint density at radius 1 is 1.15 bits per heavy atom. The molecule has 1 aromatic rings. The number of carboxylic acids is 1. The molecule has 0 unspecified atom stereocenters.